The van der Waals surface area contributed by atoms with E-state index in [0.29, 0.717) is 21.3 Å². The molecule has 6 heteroatoms. The summed E-state index contributed by atoms with van der Waals surface area (Å²) in [5.41, 5.74) is 3.26. The molecule has 0 aliphatic carbocycles. The number of fused-ring (bicyclic) bond motifs is 1. The maximum absolute atomic E-state index is 12.6. The van der Waals surface area contributed by atoms with Crippen molar-refractivity contribution in [2.24, 2.45) is 0 Å². The van der Waals surface area contributed by atoms with Crippen molar-refractivity contribution >= 4 is 34.8 Å². The zero-order valence-electron chi connectivity index (χ0n) is 12.1. The number of carbonyl (C=O) groups excluding carboxylic acids is 1. The molecule has 3 rings (SSSR count). The highest BCUT2D eigenvalue weighted by molar-refractivity contribution is 6.44. The van der Waals surface area contributed by atoms with E-state index in [4.69, 9.17) is 23.2 Å². The van der Waals surface area contributed by atoms with Crippen molar-refractivity contribution in [2.45, 2.75) is 13.0 Å². The normalized spacial score (nSPS) is 14.5. The molecule has 1 amide bonds. The first-order chi connectivity index (χ1) is 10.6. The number of hydrogen-bond acceptors (Lipinski definition) is 3. The molecule has 0 radical (unpaired) electrons. The van der Waals surface area contributed by atoms with E-state index in [-0.39, 0.29) is 5.91 Å². The van der Waals surface area contributed by atoms with Crippen molar-refractivity contribution in [1.82, 2.24) is 9.88 Å². The number of amides is 1. The van der Waals surface area contributed by atoms with E-state index >= 15 is 0 Å². The molecule has 22 heavy (non-hydrogen) atoms. The third-order valence-electron chi connectivity index (χ3n) is 3.77. The quantitative estimate of drug-likeness (QED) is 0.911. The number of likely N-dealkylation sites (N-methyl/N-ethyl adjacent to an activating group) is 1. The van der Waals surface area contributed by atoms with Crippen molar-refractivity contribution in [3.05, 3.63) is 57.3 Å². The minimum atomic E-state index is -0.210. The van der Waals surface area contributed by atoms with E-state index in [1.807, 2.05) is 6.20 Å². The smallest absolute Gasteiger partial charge is 0.257 e. The van der Waals surface area contributed by atoms with Gasteiger partial charge in [-0.1, -0.05) is 29.3 Å². The lowest BCUT2D eigenvalue weighted by atomic mass is 9.97. The Labute approximate surface area is 139 Å². The van der Waals surface area contributed by atoms with Gasteiger partial charge in [0, 0.05) is 25.5 Å². The first kappa shape index (κ1) is 15.3. The first-order valence-corrected chi connectivity index (χ1v) is 7.71. The Hall–Kier alpha value is -1.62. The number of benzene rings is 1. The second-order valence-electron chi connectivity index (χ2n) is 5.37. The molecule has 0 unspecified atom stereocenters. The van der Waals surface area contributed by atoms with Gasteiger partial charge in [0.1, 0.15) is 0 Å². The van der Waals surface area contributed by atoms with Crippen LogP contribution in [0.3, 0.4) is 0 Å². The van der Waals surface area contributed by atoms with Crippen LogP contribution in [0, 0.1) is 0 Å². The number of aromatic nitrogens is 1. The molecular weight excluding hydrogens is 321 g/mol. The Morgan fingerprint density at radius 1 is 1.32 bits per heavy atom. The Bertz CT molecular complexity index is 733. The maximum atomic E-state index is 12.6. The van der Waals surface area contributed by atoms with Crippen LogP contribution in [0.1, 0.15) is 21.5 Å². The van der Waals surface area contributed by atoms with E-state index in [1.165, 1.54) is 0 Å². The van der Waals surface area contributed by atoms with Crippen molar-refractivity contribution in [2.75, 3.05) is 18.9 Å². The summed E-state index contributed by atoms with van der Waals surface area (Å²) in [7, 11) is 2.06. The van der Waals surface area contributed by atoms with Crippen molar-refractivity contribution < 1.29 is 4.79 Å². The predicted octanol–water partition coefficient (Wildman–Crippen LogP) is 3.63. The van der Waals surface area contributed by atoms with Gasteiger partial charge >= 0.3 is 0 Å². The average molecular weight is 336 g/mol. The molecule has 114 valence electrons. The molecule has 0 saturated carbocycles. The molecule has 1 aliphatic rings. The second kappa shape index (κ2) is 6.24. The van der Waals surface area contributed by atoms with Crippen LogP contribution in [0.15, 0.2) is 30.6 Å². The van der Waals surface area contributed by atoms with Crippen molar-refractivity contribution in [3.63, 3.8) is 0 Å². The van der Waals surface area contributed by atoms with Gasteiger partial charge in [-0.2, -0.15) is 0 Å². The number of anilines is 1. The Morgan fingerprint density at radius 3 is 2.95 bits per heavy atom. The van der Waals surface area contributed by atoms with Crippen LogP contribution < -0.4 is 5.32 Å². The van der Waals surface area contributed by atoms with Crippen molar-refractivity contribution in [1.29, 1.82) is 0 Å². The number of pyridine rings is 1. The fourth-order valence-electron chi connectivity index (χ4n) is 2.62. The van der Waals surface area contributed by atoms with Crippen LogP contribution in [-0.4, -0.2) is 29.4 Å². The Balaban J connectivity index is 1.90. The maximum Gasteiger partial charge on any atom is 0.257 e. The number of halogens is 2. The molecule has 1 aliphatic heterocycles. The summed E-state index contributed by atoms with van der Waals surface area (Å²) >= 11 is 12.1. The second-order valence-corrected chi connectivity index (χ2v) is 6.15. The van der Waals surface area contributed by atoms with Crippen LogP contribution in [0.5, 0.6) is 0 Å². The van der Waals surface area contributed by atoms with Crippen LogP contribution in [0.4, 0.5) is 5.69 Å². The lowest BCUT2D eigenvalue weighted by Crippen LogP contribution is -2.29. The van der Waals surface area contributed by atoms with Gasteiger partial charge in [0.2, 0.25) is 0 Å². The largest absolute Gasteiger partial charge is 0.321 e. The van der Waals surface area contributed by atoms with E-state index in [0.717, 1.165) is 30.6 Å². The molecular formula is C16H15Cl2N3O. The molecule has 0 bridgehead atoms. The number of hydrogen-bond donors (Lipinski definition) is 1. The number of nitrogens with one attached hydrogen (secondary N) is 1. The molecule has 2 heterocycles. The van der Waals surface area contributed by atoms with Crippen LogP contribution in [0.2, 0.25) is 10.0 Å². The summed E-state index contributed by atoms with van der Waals surface area (Å²) in [6.07, 6.45) is 4.27. The standard InChI is InChI=1S/C16H15Cl2N3O/c1-21-6-5-11-10(9-21)7-19-8-12(11)16(22)20-14-4-2-3-13(17)15(14)18/h2-4,7-8H,5-6,9H2,1H3,(H,20,22). The predicted molar refractivity (Wildman–Crippen MR) is 88.7 cm³/mol. The fraction of sp³-hybridized carbons (Fsp3) is 0.250. The SMILES string of the molecule is CN1CCc2c(cncc2C(=O)Nc2cccc(Cl)c2Cl)C1. The lowest BCUT2D eigenvalue weighted by Gasteiger charge is -2.26. The summed E-state index contributed by atoms with van der Waals surface area (Å²) in [6.45, 7) is 1.73. The first-order valence-electron chi connectivity index (χ1n) is 6.96. The molecule has 1 aromatic carbocycles. The highest BCUT2D eigenvalue weighted by Crippen LogP contribution is 2.30. The molecule has 0 atom stereocenters. The minimum Gasteiger partial charge on any atom is -0.321 e. The highest BCUT2D eigenvalue weighted by atomic mass is 35.5. The van der Waals surface area contributed by atoms with Crippen molar-refractivity contribution in [3.8, 4) is 0 Å². The molecule has 4 nitrogen and oxygen atoms in total. The van der Waals surface area contributed by atoms with Gasteiger partial charge < -0.3 is 10.2 Å². The topological polar surface area (TPSA) is 45.2 Å². The van der Waals surface area contributed by atoms with E-state index in [2.05, 4.69) is 22.2 Å². The summed E-state index contributed by atoms with van der Waals surface area (Å²) in [4.78, 5) is 19.0. The third kappa shape index (κ3) is 2.95. The molecule has 0 spiro atoms. The van der Waals surface area contributed by atoms with Crippen LogP contribution in [-0.2, 0) is 13.0 Å². The van der Waals surface area contributed by atoms with Gasteiger partial charge in [-0.15, -0.1) is 0 Å². The Morgan fingerprint density at radius 2 is 2.14 bits per heavy atom. The lowest BCUT2D eigenvalue weighted by molar-refractivity contribution is 0.102. The van der Waals surface area contributed by atoms with Crippen LogP contribution in [0.25, 0.3) is 0 Å². The summed E-state index contributed by atoms with van der Waals surface area (Å²) < 4.78 is 0. The number of nitrogens with zero attached hydrogens (tertiary/aromatic N) is 2. The summed E-state index contributed by atoms with van der Waals surface area (Å²) in [5, 5.41) is 3.57. The molecule has 0 saturated heterocycles. The monoisotopic (exact) mass is 335 g/mol. The van der Waals surface area contributed by atoms with Gasteiger partial charge in [0.05, 0.1) is 21.3 Å². The van der Waals surface area contributed by atoms with Gasteiger partial charge in [-0.25, -0.2) is 0 Å². The molecule has 2 aromatic rings. The number of rotatable bonds is 2. The molecule has 0 fully saturated rings. The third-order valence-corrected chi connectivity index (χ3v) is 4.59. The number of carbonyl (C=O) groups is 1. The molecule has 1 aromatic heterocycles. The summed E-state index contributed by atoms with van der Waals surface area (Å²) in [5.74, 6) is -0.210. The molecule has 1 N–H and O–H groups in total. The average Bonchev–Trinajstić information content (AvgIpc) is 2.51. The van der Waals surface area contributed by atoms with Gasteiger partial charge in [-0.3, -0.25) is 9.78 Å². The zero-order valence-corrected chi connectivity index (χ0v) is 13.6. The minimum absolute atomic E-state index is 0.210. The van der Waals surface area contributed by atoms with E-state index in [9.17, 15) is 4.79 Å². The zero-order chi connectivity index (χ0) is 15.7. The van der Waals surface area contributed by atoms with Gasteiger partial charge in [0.15, 0.2) is 0 Å². The van der Waals surface area contributed by atoms with Gasteiger partial charge in [0.25, 0.3) is 5.91 Å². The van der Waals surface area contributed by atoms with E-state index < -0.39 is 0 Å². The van der Waals surface area contributed by atoms with Gasteiger partial charge in [-0.05, 0) is 36.7 Å². The fourth-order valence-corrected chi connectivity index (χ4v) is 2.97. The van der Waals surface area contributed by atoms with Crippen LogP contribution >= 0.6 is 23.2 Å². The van der Waals surface area contributed by atoms with E-state index in [1.54, 1.807) is 24.4 Å². The summed E-state index contributed by atoms with van der Waals surface area (Å²) in [6, 6.07) is 5.15. The highest BCUT2D eigenvalue weighted by Gasteiger charge is 2.21. The Kier molecular flexibility index (Phi) is 4.34.